The zero-order valence-corrected chi connectivity index (χ0v) is 10.5. The van der Waals surface area contributed by atoms with Gasteiger partial charge in [-0.25, -0.2) is 4.79 Å². The highest BCUT2D eigenvalue weighted by Gasteiger charge is 2.13. The number of hydrogen-bond donors (Lipinski definition) is 4. The summed E-state index contributed by atoms with van der Waals surface area (Å²) >= 11 is 0. The lowest BCUT2D eigenvalue weighted by molar-refractivity contribution is 0.0694. The normalized spacial score (nSPS) is 9.68. The Labute approximate surface area is 115 Å². The summed E-state index contributed by atoms with van der Waals surface area (Å²) < 4.78 is 0. The van der Waals surface area contributed by atoms with Crippen LogP contribution in [0.15, 0.2) is 36.4 Å². The van der Waals surface area contributed by atoms with Crippen molar-refractivity contribution in [2.75, 3.05) is 5.73 Å². The molecule has 6 heteroatoms. The number of phenols is 2. The summed E-state index contributed by atoms with van der Waals surface area (Å²) in [5.41, 5.74) is 6.43. The number of phenolic OH excluding ortho intramolecular Hbond substituents is 1. The zero-order chi connectivity index (χ0) is 13.3. The Balaban J connectivity index is 0.00000180. The van der Waals surface area contributed by atoms with Gasteiger partial charge in [0.15, 0.2) is 0 Å². The van der Waals surface area contributed by atoms with E-state index < -0.39 is 5.97 Å². The fraction of sp³-hybridized carbons (Fsp3) is 0. The molecule has 0 bridgehead atoms. The van der Waals surface area contributed by atoms with E-state index in [1.165, 1.54) is 24.3 Å². The molecule has 0 heterocycles. The van der Waals surface area contributed by atoms with E-state index in [2.05, 4.69) is 0 Å². The van der Waals surface area contributed by atoms with Crippen molar-refractivity contribution in [3.63, 3.8) is 0 Å². The Hall–Kier alpha value is -2.40. The smallest absolute Gasteiger partial charge is 0.339 e. The highest BCUT2D eigenvalue weighted by Crippen LogP contribution is 2.35. The second-order valence-corrected chi connectivity index (χ2v) is 3.78. The van der Waals surface area contributed by atoms with E-state index in [-0.39, 0.29) is 35.2 Å². The van der Waals surface area contributed by atoms with Crippen LogP contribution >= 0.6 is 12.4 Å². The summed E-state index contributed by atoms with van der Waals surface area (Å²) in [6.45, 7) is 0. The molecule has 2 aromatic carbocycles. The number of carboxylic acid groups (broad SMARTS) is 1. The molecule has 100 valence electrons. The number of carboxylic acids is 1. The van der Waals surface area contributed by atoms with Crippen LogP contribution < -0.4 is 5.73 Å². The maximum absolute atomic E-state index is 10.9. The minimum atomic E-state index is -1.24. The minimum absolute atomic E-state index is 0. The Morgan fingerprint density at radius 1 is 1.11 bits per heavy atom. The molecule has 0 saturated heterocycles. The summed E-state index contributed by atoms with van der Waals surface area (Å²) in [4.78, 5) is 10.9. The molecule has 5 nitrogen and oxygen atoms in total. The first kappa shape index (κ1) is 14.7. The van der Waals surface area contributed by atoms with Gasteiger partial charge in [-0.05, 0) is 23.8 Å². The Morgan fingerprint density at radius 2 is 1.79 bits per heavy atom. The van der Waals surface area contributed by atoms with Crippen molar-refractivity contribution in [3.05, 3.63) is 42.0 Å². The molecule has 0 amide bonds. The van der Waals surface area contributed by atoms with Crippen LogP contribution in [0.3, 0.4) is 0 Å². The van der Waals surface area contributed by atoms with Gasteiger partial charge in [-0.15, -0.1) is 12.4 Å². The first-order valence-electron chi connectivity index (χ1n) is 5.15. The number of benzene rings is 2. The number of aromatic carboxylic acids is 1. The number of hydrogen-bond acceptors (Lipinski definition) is 4. The summed E-state index contributed by atoms with van der Waals surface area (Å²) in [7, 11) is 0. The van der Waals surface area contributed by atoms with Crippen LogP contribution in [0.1, 0.15) is 10.4 Å². The Kier molecular flexibility index (Phi) is 4.24. The predicted octanol–water partition coefficient (Wildman–Crippen LogP) is 2.47. The van der Waals surface area contributed by atoms with Gasteiger partial charge in [0, 0.05) is 5.56 Å². The van der Waals surface area contributed by atoms with Crippen LogP contribution in [-0.4, -0.2) is 21.3 Å². The van der Waals surface area contributed by atoms with E-state index in [1.807, 2.05) is 0 Å². The lowest BCUT2D eigenvalue weighted by atomic mass is 10.0. The van der Waals surface area contributed by atoms with Crippen LogP contribution in [0.2, 0.25) is 0 Å². The van der Waals surface area contributed by atoms with Crippen LogP contribution in [0.25, 0.3) is 11.1 Å². The lowest BCUT2D eigenvalue weighted by Crippen LogP contribution is -1.97. The van der Waals surface area contributed by atoms with Gasteiger partial charge in [0.1, 0.15) is 17.1 Å². The Morgan fingerprint density at radius 3 is 2.42 bits per heavy atom. The van der Waals surface area contributed by atoms with Crippen molar-refractivity contribution < 1.29 is 20.1 Å². The van der Waals surface area contributed by atoms with Crippen LogP contribution in [-0.2, 0) is 0 Å². The van der Waals surface area contributed by atoms with Crippen molar-refractivity contribution in [2.24, 2.45) is 0 Å². The van der Waals surface area contributed by atoms with Gasteiger partial charge in [0.05, 0.1) is 5.69 Å². The molecule has 0 aliphatic rings. The first-order valence-corrected chi connectivity index (χ1v) is 5.15. The summed E-state index contributed by atoms with van der Waals surface area (Å²) in [5, 5.41) is 28.1. The van der Waals surface area contributed by atoms with E-state index in [9.17, 15) is 15.0 Å². The third kappa shape index (κ3) is 2.71. The van der Waals surface area contributed by atoms with Gasteiger partial charge < -0.3 is 21.1 Å². The highest BCUT2D eigenvalue weighted by molar-refractivity contribution is 5.93. The average molecular weight is 282 g/mol. The van der Waals surface area contributed by atoms with E-state index in [0.717, 1.165) is 0 Å². The fourth-order valence-corrected chi connectivity index (χ4v) is 1.67. The molecule has 2 aromatic rings. The molecule has 0 aliphatic carbocycles. The second-order valence-electron chi connectivity index (χ2n) is 3.78. The van der Waals surface area contributed by atoms with Crippen molar-refractivity contribution >= 4 is 24.1 Å². The molecule has 5 N–H and O–H groups in total. The van der Waals surface area contributed by atoms with E-state index in [1.54, 1.807) is 12.1 Å². The topological polar surface area (TPSA) is 104 Å². The number of anilines is 1. The number of nitrogen functional groups attached to an aromatic ring is 1. The van der Waals surface area contributed by atoms with Crippen molar-refractivity contribution in [1.29, 1.82) is 0 Å². The van der Waals surface area contributed by atoms with Crippen LogP contribution in [0.5, 0.6) is 11.5 Å². The van der Waals surface area contributed by atoms with Crippen molar-refractivity contribution in [3.8, 4) is 22.6 Å². The molecular formula is C13H12ClNO4. The summed E-state index contributed by atoms with van der Waals surface area (Å²) in [6.07, 6.45) is 0. The number of carbonyl (C=O) groups is 1. The third-order valence-electron chi connectivity index (χ3n) is 2.61. The summed E-state index contributed by atoms with van der Waals surface area (Å²) in [6, 6.07) is 8.86. The van der Waals surface area contributed by atoms with Gasteiger partial charge >= 0.3 is 5.97 Å². The number of halogens is 1. The molecule has 0 atom stereocenters. The highest BCUT2D eigenvalue weighted by atomic mass is 35.5. The number of rotatable bonds is 2. The zero-order valence-electron chi connectivity index (χ0n) is 9.70. The standard InChI is InChI=1S/C13H11NO4.ClH/c14-10-3-1-2-8(12(10)16)7-4-5-11(15)9(6-7)13(17)18;/h1-6,15-16H,14H2,(H,17,18);1H. The molecule has 19 heavy (non-hydrogen) atoms. The Bertz CT molecular complexity index is 628. The van der Waals surface area contributed by atoms with Crippen LogP contribution in [0, 0.1) is 0 Å². The fourth-order valence-electron chi connectivity index (χ4n) is 1.67. The van der Waals surface area contributed by atoms with Gasteiger partial charge in [0.25, 0.3) is 0 Å². The maximum atomic E-state index is 10.9. The molecule has 0 fully saturated rings. The molecule has 0 spiro atoms. The van der Waals surface area contributed by atoms with Gasteiger partial charge in [0.2, 0.25) is 0 Å². The number of aromatic hydroxyl groups is 2. The number of nitrogens with two attached hydrogens (primary N) is 1. The largest absolute Gasteiger partial charge is 0.507 e. The van der Waals surface area contributed by atoms with Crippen molar-refractivity contribution in [1.82, 2.24) is 0 Å². The van der Waals surface area contributed by atoms with Gasteiger partial charge in [-0.1, -0.05) is 18.2 Å². The number of para-hydroxylation sites is 1. The van der Waals surface area contributed by atoms with Crippen LogP contribution in [0.4, 0.5) is 5.69 Å². The maximum Gasteiger partial charge on any atom is 0.339 e. The molecule has 0 aliphatic heterocycles. The van der Waals surface area contributed by atoms with Gasteiger partial charge in [-0.3, -0.25) is 0 Å². The molecule has 0 saturated carbocycles. The molecule has 0 aromatic heterocycles. The predicted molar refractivity (Wildman–Crippen MR) is 73.8 cm³/mol. The molecule has 0 unspecified atom stereocenters. The van der Waals surface area contributed by atoms with Gasteiger partial charge in [-0.2, -0.15) is 0 Å². The molecule has 0 radical (unpaired) electrons. The van der Waals surface area contributed by atoms with E-state index in [4.69, 9.17) is 10.8 Å². The molecular weight excluding hydrogens is 270 g/mol. The average Bonchev–Trinajstić information content (AvgIpc) is 2.33. The lowest BCUT2D eigenvalue weighted by Gasteiger charge is -2.08. The SMILES string of the molecule is Cl.Nc1cccc(-c2ccc(O)c(C(=O)O)c2)c1O. The quantitative estimate of drug-likeness (QED) is 0.500. The monoisotopic (exact) mass is 281 g/mol. The summed E-state index contributed by atoms with van der Waals surface area (Å²) in [5.74, 6) is -1.67. The third-order valence-corrected chi connectivity index (χ3v) is 2.61. The first-order chi connectivity index (χ1) is 8.50. The molecule has 2 rings (SSSR count). The minimum Gasteiger partial charge on any atom is -0.507 e. The second kappa shape index (κ2) is 5.49. The van der Waals surface area contributed by atoms with E-state index >= 15 is 0 Å². The van der Waals surface area contributed by atoms with Crippen molar-refractivity contribution in [2.45, 2.75) is 0 Å². The van der Waals surface area contributed by atoms with E-state index in [0.29, 0.717) is 11.1 Å².